The Bertz CT molecular complexity index is 995. The first kappa shape index (κ1) is 21.6. The molecule has 2 aromatic carbocycles. The number of carbonyl (C=O) groups is 1. The number of sulfone groups is 1. The maximum atomic E-state index is 12.6. The lowest BCUT2D eigenvalue weighted by Crippen LogP contribution is -2.31. The number of nitrogens with zero attached hydrogens (tertiary/aromatic N) is 1. The third-order valence-corrected chi connectivity index (χ3v) is 6.74. The summed E-state index contributed by atoms with van der Waals surface area (Å²) in [7, 11) is -5.42. The van der Waals surface area contributed by atoms with Crippen LogP contribution in [0.4, 0.5) is 18.9 Å². The molecule has 10 heteroatoms. The Kier molecular flexibility index (Phi) is 6.23. The van der Waals surface area contributed by atoms with Gasteiger partial charge in [0.25, 0.3) is 15.7 Å². The van der Waals surface area contributed by atoms with Crippen LogP contribution < -0.4 is 10.2 Å². The molecular formula is C19H18BrF3N2O3S. The van der Waals surface area contributed by atoms with Crippen molar-refractivity contribution in [1.82, 2.24) is 5.32 Å². The second-order valence-electron chi connectivity index (χ2n) is 6.76. The van der Waals surface area contributed by atoms with E-state index in [1.54, 1.807) is 0 Å². The lowest BCUT2D eigenvalue weighted by atomic mass is 10.1. The topological polar surface area (TPSA) is 66.5 Å². The summed E-state index contributed by atoms with van der Waals surface area (Å²) >= 11 is 3.44. The van der Waals surface area contributed by atoms with Crippen LogP contribution >= 0.6 is 15.9 Å². The van der Waals surface area contributed by atoms with E-state index in [4.69, 9.17) is 0 Å². The van der Waals surface area contributed by atoms with Gasteiger partial charge < -0.3 is 10.2 Å². The quantitative estimate of drug-likeness (QED) is 0.687. The fourth-order valence-electron chi connectivity index (χ4n) is 3.16. The fraction of sp³-hybridized carbons (Fsp3) is 0.316. The molecule has 5 nitrogen and oxygen atoms in total. The predicted octanol–water partition coefficient (Wildman–Crippen LogP) is 4.00. The van der Waals surface area contributed by atoms with Gasteiger partial charge in [-0.25, -0.2) is 8.42 Å². The standard InChI is InChI=1S/C19H18BrF3N2O3S/c20-15-2-1-3-16(10-15)25-9-8-13(12-25)11-24-18(26)14-4-6-17(7-5-14)29(27,28)19(21,22)23/h1-7,10,13H,8-9,11-12H2,(H,24,26). The normalized spacial score (nSPS) is 17.4. The maximum Gasteiger partial charge on any atom is 0.501 e. The minimum Gasteiger partial charge on any atom is -0.371 e. The molecule has 0 aromatic heterocycles. The molecule has 0 spiro atoms. The Morgan fingerprint density at radius 1 is 1.17 bits per heavy atom. The number of carbonyl (C=O) groups excluding carboxylic acids is 1. The third kappa shape index (κ3) is 4.92. The summed E-state index contributed by atoms with van der Waals surface area (Å²) in [6, 6.07) is 11.7. The van der Waals surface area contributed by atoms with Crippen LogP contribution in [0.5, 0.6) is 0 Å². The van der Waals surface area contributed by atoms with E-state index in [2.05, 4.69) is 26.1 Å². The number of benzene rings is 2. The van der Waals surface area contributed by atoms with Crippen LogP contribution in [0.1, 0.15) is 16.8 Å². The minimum atomic E-state index is -5.42. The number of anilines is 1. The predicted molar refractivity (Wildman–Crippen MR) is 106 cm³/mol. The first-order valence-electron chi connectivity index (χ1n) is 8.78. The summed E-state index contributed by atoms with van der Waals surface area (Å²) < 4.78 is 61.5. The van der Waals surface area contributed by atoms with E-state index in [0.29, 0.717) is 6.54 Å². The molecule has 1 heterocycles. The van der Waals surface area contributed by atoms with Gasteiger partial charge in [0.15, 0.2) is 0 Å². The number of halogens is 4. The van der Waals surface area contributed by atoms with Gasteiger partial charge in [-0.2, -0.15) is 13.2 Å². The van der Waals surface area contributed by atoms with Gasteiger partial charge in [0.05, 0.1) is 4.90 Å². The number of hydrogen-bond acceptors (Lipinski definition) is 4. The molecule has 1 unspecified atom stereocenters. The zero-order valence-electron chi connectivity index (χ0n) is 15.1. The average molecular weight is 491 g/mol. The van der Waals surface area contributed by atoms with Crippen molar-refractivity contribution < 1.29 is 26.4 Å². The summed E-state index contributed by atoms with van der Waals surface area (Å²) in [5.74, 6) is -0.218. The van der Waals surface area contributed by atoms with E-state index in [1.807, 2.05) is 24.3 Å². The average Bonchev–Trinajstić information content (AvgIpc) is 3.14. The van der Waals surface area contributed by atoms with Gasteiger partial charge in [-0.3, -0.25) is 4.79 Å². The smallest absolute Gasteiger partial charge is 0.371 e. The Hall–Kier alpha value is -2.07. The van der Waals surface area contributed by atoms with Crippen LogP contribution in [0.2, 0.25) is 0 Å². The van der Waals surface area contributed by atoms with E-state index in [0.717, 1.165) is 53.9 Å². The monoisotopic (exact) mass is 490 g/mol. The van der Waals surface area contributed by atoms with Crippen molar-refractivity contribution in [1.29, 1.82) is 0 Å². The van der Waals surface area contributed by atoms with Crippen LogP contribution in [0.15, 0.2) is 57.9 Å². The molecule has 1 aliphatic heterocycles. The second-order valence-corrected chi connectivity index (χ2v) is 9.62. The van der Waals surface area contributed by atoms with Crippen LogP contribution in [0.3, 0.4) is 0 Å². The zero-order chi connectivity index (χ0) is 21.2. The molecule has 1 saturated heterocycles. The van der Waals surface area contributed by atoms with Gasteiger partial charge in [0, 0.05) is 35.4 Å². The van der Waals surface area contributed by atoms with Crippen LogP contribution in [-0.2, 0) is 9.84 Å². The maximum absolute atomic E-state index is 12.6. The molecule has 1 N–H and O–H groups in total. The molecule has 0 saturated carbocycles. The zero-order valence-corrected chi connectivity index (χ0v) is 17.5. The molecule has 0 bridgehead atoms. The number of amides is 1. The summed E-state index contributed by atoms with van der Waals surface area (Å²) in [6.07, 6.45) is 0.898. The van der Waals surface area contributed by atoms with Crippen molar-refractivity contribution >= 4 is 37.4 Å². The fourth-order valence-corrected chi connectivity index (χ4v) is 4.31. The Balaban J connectivity index is 1.56. The summed E-state index contributed by atoms with van der Waals surface area (Å²) in [4.78, 5) is 13.6. The first-order chi connectivity index (χ1) is 13.6. The summed E-state index contributed by atoms with van der Waals surface area (Å²) in [5.41, 5.74) is -4.18. The van der Waals surface area contributed by atoms with Crippen molar-refractivity contribution in [3.8, 4) is 0 Å². The highest BCUT2D eigenvalue weighted by atomic mass is 79.9. The first-order valence-corrected chi connectivity index (χ1v) is 11.1. The summed E-state index contributed by atoms with van der Waals surface area (Å²) in [5, 5.41) is 2.77. The lowest BCUT2D eigenvalue weighted by Gasteiger charge is -2.19. The third-order valence-electron chi connectivity index (χ3n) is 4.74. The Labute approximate surface area is 174 Å². The van der Waals surface area contributed by atoms with E-state index in [1.165, 1.54) is 0 Å². The number of nitrogens with one attached hydrogen (secondary N) is 1. The van der Waals surface area contributed by atoms with Crippen LogP contribution in [-0.4, -0.2) is 39.5 Å². The van der Waals surface area contributed by atoms with Gasteiger partial charge in [-0.05, 0) is 54.8 Å². The van der Waals surface area contributed by atoms with Gasteiger partial charge >= 0.3 is 5.51 Å². The number of alkyl halides is 3. The van der Waals surface area contributed by atoms with E-state index >= 15 is 0 Å². The van der Waals surface area contributed by atoms with Gasteiger partial charge in [-0.1, -0.05) is 22.0 Å². The van der Waals surface area contributed by atoms with Crippen LogP contribution in [0, 0.1) is 5.92 Å². The lowest BCUT2D eigenvalue weighted by molar-refractivity contribution is -0.0436. The molecule has 1 aliphatic rings. The molecule has 1 amide bonds. The summed E-state index contributed by atoms with van der Waals surface area (Å²) in [6.45, 7) is 2.06. The molecule has 1 atom stereocenters. The Morgan fingerprint density at radius 3 is 2.48 bits per heavy atom. The molecular weight excluding hydrogens is 473 g/mol. The van der Waals surface area contributed by atoms with E-state index in [9.17, 15) is 26.4 Å². The molecule has 1 fully saturated rings. The molecule has 3 rings (SSSR count). The Morgan fingerprint density at radius 2 is 1.86 bits per heavy atom. The van der Waals surface area contributed by atoms with Gasteiger partial charge in [0.1, 0.15) is 0 Å². The van der Waals surface area contributed by atoms with E-state index in [-0.39, 0.29) is 11.5 Å². The minimum absolute atomic E-state index is 0.105. The highest BCUT2D eigenvalue weighted by molar-refractivity contribution is 9.10. The van der Waals surface area contributed by atoms with Gasteiger partial charge in [0.2, 0.25) is 0 Å². The second kappa shape index (κ2) is 8.35. The number of hydrogen-bond donors (Lipinski definition) is 1. The molecule has 0 aliphatic carbocycles. The van der Waals surface area contributed by atoms with Crippen LogP contribution in [0.25, 0.3) is 0 Å². The van der Waals surface area contributed by atoms with Crippen molar-refractivity contribution in [2.24, 2.45) is 5.92 Å². The highest BCUT2D eigenvalue weighted by Crippen LogP contribution is 2.30. The molecule has 0 radical (unpaired) electrons. The van der Waals surface area contributed by atoms with Crippen molar-refractivity contribution in [3.63, 3.8) is 0 Å². The molecule has 29 heavy (non-hydrogen) atoms. The highest BCUT2D eigenvalue weighted by Gasteiger charge is 2.46. The molecule has 2 aromatic rings. The van der Waals surface area contributed by atoms with Crippen molar-refractivity contribution in [2.45, 2.75) is 16.8 Å². The van der Waals surface area contributed by atoms with Crippen molar-refractivity contribution in [3.05, 3.63) is 58.6 Å². The van der Waals surface area contributed by atoms with Gasteiger partial charge in [-0.15, -0.1) is 0 Å². The molecule has 156 valence electrons. The van der Waals surface area contributed by atoms with Crippen molar-refractivity contribution in [2.75, 3.05) is 24.5 Å². The number of rotatable bonds is 5. The van der Waals surface area contributed by atoms with E-state index < -0.39 is 26.1 Å². The SMILES string of the molecule is O=C(NCC1CCN(c2cccc(Br)c2)C1)c1ccc(S(=O)(=O)C(F)(F)F)cc1. The largest absolute Gasteiger partial charge is 0.501 e.